The second-order valence-corrected chi connectivity index (χ2v) is 5.87. The third kappa shape index (κ3) is 2.97. The molecule has 2 heterocycles. The van der Waals surface area contributed by atoms with E-state index in [1.54, 1.807) is 0 Å². The van der Waals surface area contributed by atoms with Gasteiger partial charge in [-0.25, -0.2) is 9.97 Å². The summed E-state index contributed by atoms with van der Waals surface area (Å²) >= 11 is 0. The molecular formula is C13H21N5O2. The third-order valence-electron chi connectivity index (χ3n) is 3.53. The molecule has 1 aromatic rings. The highest BCUT2D eigenvalue weighted by Crippen LogP contribution is 2.37. The van der Waals surface area contributed by atoms with E-state index in [-0.39, 0.29) is 11.1 Å². The van der Waals surface area contributed by atoms with Crippen molar-refractivity contribution in [2.24, 2.45) is 5.41 Å². The molecule has 1 N–H and O–H groups in total. The minimum Gasteiger partial charge on any atom is -0.364 e. The average Bonchev–Trinajstić information content (AvgIpc) is 2.37. The molecule has 1 saturated heterocycles. The Morgan fingerprint density at radius 1 is 1.50 bits per heavy atom. The first-order valence-corrected chi connectivity index (χ1v) is 6.93. The number of anilines is 2. The molecule has 0 saturated carbocycles. The molecule has 110 valence electrons. The van der Waals surface area contributed by atoms with Crippen LogP contribution in [0, 0.1) is 15.5 Å². The number of hydrogen-bond acceptors (Lipinski definition) is 6. The summed E-state index contributed by atoms with van der Waals surface area (Å²) in [5, 5.41) is 14.3. The third-order valence-corrected chi connectivity index (χ3v) is 3.53. The first-order chi connectivity index (χ1) is 9.44. The van der Waals surface area contributed by atoms with Crippen LogP contribution in [0.4, 0.5) is 17.3 Å². The molecule has 0 atom stereocenters. The van der Waals surface area contributed by atoms with Crippen molar-refractivity contribution in [3.63, 3.8) is 0 Å². The molecular weight excluding hydrogens is 258 g/mol. The number of hydrogen-bond donors (Lipinski definition) is 1. The minimum atomic E-state index is -0.394. The molecule has 20 heavy (non-hydrogen) atoms. The molecule has 1 fully saturated rings. The standard InChI is InChI=1S/C13H21N5O2/c1-4-14-11-10(18(19)20)12(16-9-15-11)17-7-5-6-13(2,3)8-17/h9H,4-8H2,1-3H3,(H,14,15,16). The van der Waals surface area contributed by atoms with Crippen molar-refractivity contribution in [3.8, 4) is 0 Å². The van der Waals surface area contributed by atoms with Gasteiger partial charge in [0.25, 0.3) is 0 Å². The van der Waals surface area contributed by atoms with Crippen molar-refractivity contribution < 1.29 is 4.92 Å². The number of aromatic nitrogens is 2. The fraction of sp³-hybridized carbons (Fsp3) is 0.692. The Balaban J connectivity index is 2.40. The van der Waals surface area contributed by atoms with Gasteiger partial charge < -0.3 is 10.2 Å². The lowest BCUT2D eigenvalue weighted by Gasteiger charge is -2.38. The number of nitrogens with zero attached hydrogens (tertiary/aromatic N) is 4. The molecule has 1 aliphatic rings. The molecule has 0 bridgehead atoms. The van der Waals surface area contributed by atoms with Crippen molar-refractivity contribution in [1.29, 1.82) is 0 Å². The number of nitro groups is 1. The highest BCUT2D eigenvalue weighted by atomic mass is 16.6. The molecule has 7 nitrogen and oxygen atoms in total. The van der Waals surface area contributed by atoms with Crippen molar-refractivity contribution in [2.45, 2.75) is 33.6 Å². The normalized spacial score (nSPS) is 17.9. The van der Waals surface area contributed by atoms with Gasteiger partial charge >= 0.3 is 5.69 Å². The van der Waals surface area contributed by atoms with Gasteiger partial charge in [0.2, 0.25) is 11.6 Å². The van der Waals surface area contributed by atoms with E-state index in [0.717, 1.165) is 25.9 Å². The molecule has 2 rings (SSSR count). The van der Waals surface area contributed by atoms with Crippen LogP contribution in [0.25, 0.3) is 0 Å². The highest BCUT2D eigenvalue weighted by molar-refractivity contribution is 5.70. The molecule has 0 aliphatic carbocycles. The van der Waals surface area contributed by atoms with Gasteiger partial charge in [-0.2, -0.15) is 0 Å². The van der Waals surface area contributed by atoms with Gasteiger partial charge in [0.1, 0.15) is 6.33 Å². The summed E-state index contributed by atoms with van der Waals surface area (Å²) < 4.78 is 0. The van der Waals surface area contributed by atoms with E-state index in [2.05, 4.69) is 29.1 Å². The Hall–Kier alpha value is -1.92. The summed E-state index contributed by atoms with van der Waals surface area (Å²) in [6.45, 7) is 8.40. The maximum Gasteiger partial charge on any atom is 0.353 e. The monoisotopic (exact) mass is 279 g/mol. The topological polar surface area (TPSA) is 84.2 Å². The lowest BCUT2D eigenvalue weighted by molar-refractivity contribution is -0.383. The van der Waals surface area contributed by atoms with Gasteiger partial charge in [0.05, 0.1) is 4.92 Å². The van der Waals surface area contributed by atoms with Crippen LogP contribution in [0.5, 0.6) is 0 Å². The molecule has 0 unspecified atom stereocenters. The van der Waals surface area contributed by atoms with E-state index in [1.165, 1.54) is 6.33 Å². The molecule has 0 radical (unpaired) electrons. The average molecular weight is 279 g/mol. The molecule has 7 heteroatoms. The maximum atomic E-state index is 11.4. The van der Waals surface area contributed by atoms with Crippen LogP contribution in [-0.2, 0) is 0 Å². The number of piperidine rings is 1. The van der Waals surface area contributed by atoms with E-state index in [9.17, 15) is 10.1 Å². The van der Waals surface area contributed by atoms with Crippen LogP contribution in [0.1, 0.15) is 33.6 Å². The summed E-state index contributed by atoms with van der Waals surface area (Å²) in [6.07, 6.45) is 3.54. The molecule has 1 aromatic heterocycles. The second-order valence-electron chi connectivity index (χ2n) is 5.87. The first-order valence-electron chi connectivity index (χ1n) is 6.93. The largest absolute Gasteiger partial charge is 0.364 e. The zero-order valence-corrected chi connectivity index (χ0v) is 12.2. The van der Waals surface area contributed by atoms with E-state index in [1.807, 2.05) is 11.8 Å². The summed E-state index contributed by atoms with van der Waals surface area (Å²) in [5.41, 5.74) is 0.127. The van der Waals surface area contributed by atoms with Crippen molar-refractivity contribution in [1.82, 2.24) is 9.97 Å². The SMILES string of the molecule is CCNc1ncnc(N2CCCC(C)(C)C2)c1[N+](=O)[O-]. The van der Waals surface area contributed by atoms with Gasteiger partial charge in [-0.3, -0.25) is 10.1 Å². The number of nitrogens with one attached hydrogen (secondary N) is 1. The van der Waals surface area contributed by atoms with E-state index in [0.29, 0.717) is 18.2 Å². The van der Waals surface area contributed by atoms with Crippen LogP contribution in [0.3, 0.4) is 0 Å². The van der Waals surface area contributed by atoms with Crippen molar-refractivity contribution in [3.05, 3.63) is 16.4 Å². The smallest absolute Gasteiger partial charge is 0.353 e. The molecule has 0 aromatic carbocycles. The van der Waals surface area contributed by atoms with Gasteiger partial charge in [0, 0.05) is 19.6 Å². The molecule has 1 aliphatic heterocycles. The lowest BCUT2D eigenvalue weighted by Crippen LogP contribution is -2.40. The zero-order valence-electron chi connectivity index (χ0n) is 12.2. The van der Waals surface area contributed by atoms with Gasteiger partial charge in [-0.05, 0) is 25.2 Å². The van der Waals surface area contributed by atoms with Crippen LogP contribution in [0.15, 0.2) is 6.33 Å². The lowest BCUT2D eigenvalue weighted by atomic mass is 9.84. The Morgan fingerprint density at radius 2 is 2.25 bits per heavy atom. The predicted octanol–water partition coefficient (Wildman–Crippen LogP) is 2.44. The molecule has 0 amide bonds. The fourth-order valence-corrected chi connectivity index (χ4v) is 2.67. The van der Waals surface area contributed by atoms with Gasteiger partial charge in [-0.15, -0.1) is 0 Å². The van der Waals surface area contributed by atoms with Crippen LogP contribution in [0.2, 0.25) is 0 Å². The fourth-order valence-electron chi connectivity index (χ4n) is 2.67. The van der Waals surface area contributed by atoms with Crippen LogP contribution < -0.4 is 10.2 Å². The van der Waals surface area contributed by atoms with Crippen molar-refractivity contribution >= 4 is 17.3 Å². The maximum absolute atomic E-state index is 11.4. The molecule has 0 spiro atoms. The van der Waals surface area contributed by atoms with Gasteiger partial charge in [0.15, 0.2) is 0 Å². The minimum absolute atomic E-state index is 0.0212. The van der Waals surface area contributed by atoms with Crippen molar-refractivity contribution in [2.75, 3.05) is 29.9 Å². The van der Waals surface area contributed by atoms with Crippen LogP contribution >= 0.6 is 0 Å². The zero-order chi connectivity index (χ0) is 14.8. The quantitative estimate of drug-likeness (QED) is 0.673. The summed E-state index contributed by atoms with van der Waals surface area (Å²) in [5.74, 6) is 0.722. The van der Waals surface area contributed by atoms with E-state index < -0.39 is 4.92 Å². The van der Waals surface area contributed by atoms with E-state index >= 15 is 0 Å². The predicted molar refractivity (Wildman–Crippen MR) is 78.1 cm³/mol. The summed E-state index contributed by atoms with van der Waals surface area (Å²) in [6, 6.07) is 0. The Labute approximate surface area is 118 Å². The summed E-state index contributed by atoms with van der Waals surface area (Å²) in [4.78, 5) is 21.1. The van der Waals surface area contributed by atoms with E-state index in [4.69, 9.17) is 0 Å². The Morgan fingerprint density at radius 3 is 2.85 bits per heavy atom. The Kier molecular flexibility index (Phi) is 4.06. The van der Waals surface area contributed by atoms with Crippen LogP contribution in [-0.4, -0.2) is 34.5 Å². The summed E-state index contributed by atoms with van der Waals surface area (Å²) in [7, 11) is 0. The first kappa shape index (κ1) is 14.5. The second kappa shape index (κ2) is 5.60. The Bertz CT molecular complexity index is 504. The van der Waals surface area contributed by atoms with Gasteiger partial charge in [-0.1, -0.05) is 13.8 Å². The number of rotatable bonds is 4. The highest BCUT2D eigenvalue weighted by Gasteiger charge is 2.32.